The van der Waals surface area contributed by atoms with Crippen LogP contribution in [-0.4, -0.2) is 24.5 Å². The van der Waals surface area contributed by atoms with Crippen LogP contribution in [0.1, 0.15) is 18.1 Å². The predicted octanol–water partition coefficient (Wildman–Crippen LogP) is 4.37. The van der Waals surface area contributed by atoms with Gasteiger partial charge in [-0.25, -0.2) is 9.69 Å². The van der Waals surface area contributed by atoms with Crippen molar-refractivity contribution in [3.8, 4) is 5.75 Å². The van der Waals surface area contributed by atoms with Gasteiger partial charge in [0.1, 0.15) is 5.57 Å². The number of urea groups is 1. The van der Waals surface area contributed by atoms with Crippen LogP contribution in [0.3, 0.4) is 0 Å². The quantitative estimate of drug-likeness (QED) is 0.590. The number of imide groups is 2. The molecule has 0 unspecified atom stereocenters. The molecular weight excluding hydrogens is 403 g/mol. The molecule has 0 aliphatic carbocycles. The number of halogens is 2. The third kappa shape index (κ3) is 3.88. The van der Waals surface area contributed by atoms with E-state index in [1.54, 1.807) is 31.2 Å². The van der Waals surface area contributed by atoms with Gasteiger partial charge in [0, 0.05) is 0 Å². The number of anilines is 1. The van der Waals surface area contributed by atoms with Gasteiger partial charge in [-0.15, -0.1) is 0 Å². The summed E-state index contributed by atoms with van der Waals surface area (Å²) in [6, 6.07) is 9.04. The summed E-state index contributed by atoms with van der Waals surface area (Å²) in [6.07, 6.45) is 1.33. The highest BCUT2D eigenvalue weighted by Crippen LogP contribution is 2.35. The van der Waals surface area contributed by atoms with E-state index in [2.05, 4.69) is 5.32 Å². The number of rotatable bonds is 4. The van der Waals surface area contributed by atoms with Crippen LogP contribution in [0.2, 0.25) is 10.0 Å². The Morgan fingerprint density at radius 2 is 1.68 bits per heavy atom. The van der Waals surface area contributed by atoms with E-state index < -0.39 is 17.8 Å². The SMILES string of the molecule is CCOc1c(Cl)cc(/C=C2\C(=O)NC(=O)N(c3ccc(C)cc3)C2=O)cc1Cl. The van der Waals surface area contributed by atoms with Gasteiger partial charge in [0.25, 0.3) is 11.8 Å². The lowest BCUT2D eigenvalue weighted by atomic mass is 10.1. The van der Waals surface area contributed by atoms with Crippen molar-refractivity contribution in [1.82, 2.24) is 5.32 Å². The molecule has 8 heteroatoms. The highest BCUT2D eigenvalue weighted by molar-refractivity contribution is 6.40. The van der Waals surface area contributed by atoms with Crippen LogP contribution in [0, 0.1) is 6.92 Å². The predicted molar refractivity (Wildman–Crippen MR) is 108 cm³/mol. The Hall–Kier alpha value is -2.83. The van der Waals surface area contributed by atoms with E-state index in [1.807, 2.05) is 6.92 Å². The number of hydrogen-bond acceptors (Lipinski definition) is 4. The second kappa shape index (κ2) is 8.04. The first-order valence-electron chi connectivity index (χ1n) is 8.41. The standard InChI is InChI=1S/C20H16Cl2N2O4/c1-3-28-17-15(21)9-12(10-16(17)22)8-14-18(25)23-20(27)24(19(14)26)13-6-4-11(2)5-7-13/h4-10H,3H2,1-2H3,(H,23,25,27)/b14-8+. The van der Waals surface area contributed by atoms with E-state index in [4.69, 9.17) is 27.9 Å². The number of carbonyl (C=O) groups is 3. The number of aryl methyl sites for hydroxylation is 1. The Labute approximate surface area is 171 Å². The molecule has 1 heterocycles. The van der Waals surface area contributed by atoms with Crippen LogP contribution in [-0.2, 0) is 9.59 Å². The second-order valence-electron chi connectivity index (χ2n) is 6.04. The molecule has 6 nitrogen and oxygen atoms in total. The zero-order valence-corrected chi connectivity index (χ0v) is 16.6. The maximum atomic E-state index is 12.9. The fraction of sp³-hybridized carbons (Fsp3) is 0.150. The normalized spacial score (nSPS) is 15.8. The Balaban J connectivity index is 2.00. The van der Waals surface area contributed by atoms with E-state index in [0.29, 0.717) is 23.6 Å². The van der Waals surface area contributed by atoms with Crippen molar-refractivity contribution in [2.24, 2.45) is 0 Å². The fourth-order valence-electron chi connectivity index (χ4n) is 2.70. The van der Waals surface area contributed by atoms with Crippen LogP contribution in [0.4, 0.5) is 10.5 Å². The van der Waals surface area contributed by atoms with Gasteiger partial charge in [0.05, 0.1) is 22.3 Å². The van der Waals surface area contributed by atoms with Crippen molar-refractivity contribution in [3.05, 3.63) is 63.1 Å². The van der Waals surface area contributed by atoms with Crippen LogP contribution < -0.4 is 15.0 Å². The molecule has 0 saturated carbocycles. The first-order valence-corrected chi connectivity index (χ1v) is 9.17. The molecule has 1 fully saturated rings. The van der Waals surface area contributed by atoms with Gasteiger partial charge in [-0.05, 0) is 49.8 Å². The van der Waals surface area contributed by atoms with Gasteiger partial charge >= 0.3 is 6.03 Å². The van der Waals surface area contributed by atoms with Gasteiger partial charge in [0.2, 0.25) is 0 Å². The lowest BCUT2D eigenvalue weighted by molar-refractivity contribution is -0.122. The Morgan fingerprint density at radius 1 is 1.07 bits per heavy atom. The number of nitrogens with one attached hydrogen (secondary N) is 1. The number of amides is 4. The first kappa shape index (κ1) is 19.9. The van der Waals surface area contributed by atoms with Crippen molar-refractivity contribution < 1.29 is 19.1 Å². The van der Waals surface area contributed by atoms with Gasteiger partial charge in [-0.2, -0.15) is 0 Å². The number of benzene rings is 2. The number of nitrogens with zero attached hydrogens (tertiary/aromatic N) is 1. The van der Waals surface area contributed by atoms with Crippen LogP contribution in [0.15, 0.2) is 42.0 Å². The summed E-state index contributed by atoms with van der Waals surface area (Å²) in [7, 11) is 0. The highest BCUT2D eigenvalue weighted by atomic mass is 35.5. The summed E-state index contributed by atoms with van der Waals surface area (Å²) in [5, 5.41) is 2.67. The molecule has 0 radical (unpaired) electrons. The van der Waals surface area contributed by atoms with E-state index in [0.717, 1.165) is 10.5 Å². The smallest absolute Gasteiger partial charge is 0.335 e. The summed E-state index contributed by atoms with van der Waals surface area (Å²) >= 11 is 12.4. The van der Waals surface area contributed by atoms with Gasteiger partial charge in [-0.1, -0.05) is 40.9 Å². The maximum absolute atomic E-state index is 12.9. The van der Waals surface area contributed by atoms with E-state index in [1.165, 1.54) is 18.2 Å². The van der Waals surface area contributed by atoms with Crippen molar-refractivity contribution in [2.75, 3.05) is 11.5 Å². The molecule has 2 aromatic rings. The number of ether oxygens (including phenoxy) is 1. The third-order valence-corrected chi connectivity index (χ3v) is 4.58. The first-order chi connectivity index (χ1) is 13.3. The Bertz CT molecular complexity index is 977. The molecule has 144 valence electrons. The summed E-state index contributed by atoms with van der Waals surface area (Å²) in [4.78, 5) is 38.2. The van der Waals surface area contributed by atoms with E-state index in [9.17, 15) is 14.4 Å². The number of carbonyl (C=O) groups excluding carboxylic acids is 3. The molecule has 1 saturated heterocycles. The molecule has 4 amide bonds. The van der Waals surface area contributed by atoms with Gasteiger partial charge < -0.3 is 4.74 Å². The molecule has 1 aliphatic rings. The lowest BCUT2D eigenvalue weighted by Gasteiger charge is -2.26. The average Bonchev–Trinajstić information content (AvgIpc) is 2.63. The molecular formula is C20H16Cl2N2O4. The van der Waals surface area contributed by atoms with Crippen molar-refractivity contribution in [3.63, 3.8) is 0 Å². The minimum Gasteiger partial charge on any atom is -0.491 e. The molecule has 0 aromatic heterocycles. The van der Waals surface area contributed by atoms with Crippen LogP contribution in [0.5, 0.6) is 5.75 Å². The maximum Gasteiger partial charge on any atom is 0.335 e. The summed E-state index contributed by atoms with van der Waals surface area (Å²) in [5.74, 6) is -1.21. The summed E-state index contributed by atoms with van der Waals surface area (Å²) in [6.45, 7) is 4.06. The van der Waals surface area contributed by atoms with Crippen LogP contribution >= 0.6 is 23.2 Å². The Morgan fingerprint density at radius 3 is 2.25 bits per heavy atom. The molecule has 1 aliphatic heterocycles. The zero-order valence-electron chi connectivity index (χ0n) is 15.1. The van der Waals surface area contributed by atoms with E-state index in [-0.39, 0.29) is 15.6 Å². The molecule has 0 spiro atoms. The lowest BCUT2D eigenvalue weighted by Crippen LogP contribution is -2.54. The van der Waals surface area contributed by atoms with Crippen molar-refractivity contribution in [1.29, 1.82) is 0 Å². The topological polar surface area (TPSA) is 75.7 Å². The average molecular weight is 419 g/mol. The fourth-order valence-corrected chi connectivity index (χ4v) is 3.31. The summed E-state index contributed by atoms with van der Waals surface area (Å²) in [5.41, 5.74) is 1.54. The van der Waals surface area contributed by atoms with Gasteiger partial charge in [-0.3, -0.25) is 14.9 Å². The van der Waals surface area contributed by atoms with Crippen molar-refractivity contribution in [2.45, 2.75) is 13.8 Å². The highest BCUT2D eigenvalue weighted by Gasteiger charge is 2.36. The molecule has 0 bridgehead atoms. The summed E-state index contributed by atoms with van der Waals surface area (Å²) < 4.78 is 5.37. The molecule has 28 heavy (non-hydrogen) atoms. The van der Waals surface area contributed by atoms with E-state index >= 15 is 0 Å². The molecule has 3 rings (SSSR count). The van der Waals surface area contributed by atoms with Crippen LogP contribution in [0.25, 0.3) is 6.08 Å². The second-order valence-corrected chi connectivity index (χ2v) is 6.85. The number of barbiturate groups is 1. The molecule has 1 N–H and O–H groups in total. The largest absolute Gasteiger partial charge is 0.491 e. The minimum atomic E-state index is -0.807. The minimum absolute atomic E-state index is 0.212. The number of hydrogen-bond donors (Lipinski definition) is 1. The Kier molecular flexibility index (Phi) is 5.72. The van der Waals surface area contributed by atoms with Gasteiger partial charge in [0.15, 0.2) is 5.75 Å². The van der Waals surface area contributed by atoms with Crippen molar-refractivity contribution >= 4 is 52.8 Å². The molecule has 0 atom stereocenters. The molecule has 2 aromatic carbocycles. The monoisotopic (exact) mass is 418 g/mol. The third-order valence-electron chi connectivity index (χ3n) is 4.01. The zero-order chi connectivity index (χ0) is 20.4.